The van der Waals surface area contributed by atoms with Crippen LogP contribution in [0.25, 0.3) is 0 Å². The fourth-order valence-corrected chi connectivity index (χ4v) is 2.27. The normalized spacial score (nSPS) is 15.0. The van der Waals surface area contributed by atoms with Crippen molar-refractivity contribution < 1.29 is 4.79 Å². The van der Waals surface area contributed by atoms with Gasteiger partial charge in [-0.05, 0) is 30.5 Å². The summed E-state index contributed by atoms with van der Waals surface area (Å²) in [4.78, 5) is 15.3. The first-order valence-corrected chi connectivity index (χ1v) is 7.16. The van der Waals surface area contributed by atoms with Crippen molar-refractivity contribution in [3.8, 4) is 0 Å². The zero-order valence-electron chi connectivity index (χ0n) is 12.5. The summed E-state index contributed by atoms with van der Waals surface area (Å²) in [5.74, 6) is 0.736. The summed E-state index contributed by atoms with van der Waals surface area (Å²) < 4.78 is 0. The zero-order valence-corrected chi connectivity index (χ0v) is 12.5. The van der Waals surface area contributed by atoms with Crippen LogP contribution in [0.3, 0.4) is 0 Å². The van der Waals surface area contributed by atoms with E-state index in [2.05, 4.69) is 33.1 Å². The highest BCUT2D eigenvalue weighted by molar-refractivity contribution is 5.88. The van der Waals surface area contributed by atoms with Crippen LogP contribution in [0.15, 0.2) is 41.4 Å². The number of nitrogens with one attached hydrogen (secondary N) is 3. The predicted molar refractivity (Wildman–Crippen MR) is 86.2 cm³/mol. The lowest BCUT2D eigenvalue weighted by Crippen LogP contribution is -2.42. The lowest BCUT2D eigenvalue weighted by Gasteiger charge is -2.17. The molecule has 0 spiro atoms. The van der Waals surface area contributed by atoms with E-state index in [0.29, 0.717) is 12.6 Å². The first-order chi connectivity index (χ1) is 10.2. The van der Waals surface area contributed by atoms with E-state index < -0.39 is 0 Å². The van der Waals surface area contributed by atoms with E-state index in [9.17, 15) is 4.79 Å². The minimum absolute atomic E-state index is 0.0636. The Balaban J connectivity index is 1.87. The molecule has 0 fully saturated rings. The SMILES string of the molecule is CN=C(NCc1cccc(NC(C)=O)c1)NC1CC=CC1. The summed E-state index contributed by atoms with van der Waals surface area (Å²) in [6.07, 6.45) is 6.45. The second-order valence-corrected chi connectivity index (χ2v) is 5.09. The lowest BCUT2D eigenvalue weighted by atomic mass is 10.2. The van der Waals surface area contributed by atoms with Crippen LogP contribution in [0.5, 0.6) is 0 Å². The Hall–Kier alpha value is -2.30. The van der Waals surface area contributed by atoms with Crippen molar-refractivity contribution in [1.82, 2.24) is 10.6 Å². The molecular formula is C16H22N4O. The van der Waals surface area contributed by atoms with Crippen LogP contribution in [0.4, 0.5) is 5.69 Å². The quantitative estimate of drug-likeness (QED) is 0.451. The third-order valence-corrected chi connectivity index (χ3v) is 3.28. The highest BCUT2D eigenvalue weighted by Gasteiger charge is 2.11. The van der Waals surface area contributed by atoms with Gasteiger partial charge in [-0.1, -0.05) is 24.3 Å². The molecule has 5 heteroatoms. The Kier molecular flexibility index (Phi) is 5.37. The Morgan fingerprint density at radius 2 is 2.10 bits per heavy atom. The van der Waals surface area contributed by atoms with E-state index >= 15 is 0 Å². The van der Waals surface area contributed by atoms with E-state index in [0.717, 1.165) is 30.1 Å². The van der Waals surface area contributed by atoms with Gasteiger partial charge in [0.05, 0.1) is 0 Å². The van der Waals surface area contributed by atoms with Gasteiger partial charge in [-0.15, -0.1) is 0 Å². The molecule has 0 atom stereocenters. The molecule has 0 saturated heterocycles. The van der Waals surface area contributed by atoms with Crippen LogP contribution in [-0.4, -0.2) is 25.0 Å². The molecule has 0 saturated carbocycles. The third kappa shape index (κ3) is 4.95. The Bertz CT molecular complexity index is 543. The van der Waals surface area contributed by atoms with Gasteiger partial charge in [0, 0.05) is 32.2 Å². The second-order valence-electron chi connectivity index (χ2n) is 5.09. The maximum atomic E-state index is 11.1. The van der Waals surface area contributed by atoms with Crippen molar-refractivity contribution in [3.63, 3.8) is 0 Å². The molecular weight excluding hydrogens is 264 g/mol. The van der Waals surface area contributed by atoms with E-state index in [1.807, 2.05) is 24.3 Å². The molecule has 1 aromatic rings. The molecule has 0 heterocycles. The van der Waals surface area contributed by atoms with Crippen molar-refractivity contribution in [3.05, 3.63) is 42.0 Å². The van der Waals surface area contributed by atoms with Gasteiger partial charge in [0.1, 0.15) is 0 Å². The van der Waals surface area contributed by atoms with Crippen molar-refractivity contribution >= 4 is 17.6 Å². The summed E-state index contributed by atoms with van der Waals surface area (Å²) in [6, 6.07) is 8.21. The van der Waals surface area contributed by atoms with E-state index in [1.54, 1.807) is 7.05 Å². The Labute approximate surface area is 125 Å². The predicted octanol–water partition coefficient (Wildman–Crippen LogP) is 2.03. The van der Waals surface area contributed by atoms with Crippen LogP contribution in [0, 0.1) is 0 Å². The maximum Gasteiger partial charge on any atom is 0.221 e. The number of carbonyl (C=O) groups excluding carboxylic acids is 1. The van der Waals surface area contributed by atoms with Gasteiger partial charge in [0.15, 0.2) is 5.96 Å². The minimum Gasteiger partial charge on any atom is -0.353 e. The number of benzene rings is 1. The highest BCUT2D eigenvalue weighted by Crippen LogP contribution is 2.11. The number of carbonyl (C=O) groups is 1. The molecule has 0 aromatic heterocycles. The fourth-order valence-electron chi connectivity index (χ4n) is 2.27. The monoisotopic (exact) mass is 286 g/mol. The second kappa shape index (κ2) is 7.47. The number of rotatable bonds is 4. The smallest absolute Gasteiger partial charge is 0.221 e. The van der Waals surface area contributed by atoms with Gasteiger partial charge < -0.3 is 16.0 Å². The van der Waals surface area contributed by atoms with Crippen LogP contribution < -0.4 is 16.0 Å². The van der Waals surface area contributed by atoms with E-state index in [-0.39, 0.29) is 5.91 Å². The summed E-state index contributed by atoms with van der Waals surface area (Å²) in [6.45, 7) is 2.17. The van der Waals surface area contributed by atoms with Gasteiger partial charge in [-0.2, -0.15) is 0 Å². The van der Waals surface area contributed by atoms with Gasteiger partial charge in [-0.25, -0.2) is 0 Å². The zero-order chi connectivity index (χ0) is 15.1. The first kappa shape index (κ1) is 15.1. The van der Waals surface area contributed by atoms with Gasteiger partial charge in [-0.3, -0.25) is 9.79 Å². The van der Waals surface area contributed by atoms with Crippen molar-refractivity contribution in [1.29, 1.82) is 0 Å². The summed E-state index contributed by atoms with van der Waals surface area (Å²) in [7, 11) is 1.77. The maximum absolute atomic E-state index is 11.1. The average Bonchev–Trinajstić information content (AvgIpc) is 2.96. The fraction of sp³-hybridized carbons (Fsp3) is 0.375. The van der Waals surface area contributed by atoms with Gasteiger partial charge in [0.2, 0.25) is 5.91 Å². The summed E-state index contributed by atoms with van der Waals surface area (Å²) >= 11 is 0. The average molecular weight is 286 g/mol. The molecule has 21 heavy (non-hydrogen) atoms. The number of hydrogen-bond donors (Lipinski definition) is 3. The molecule has 2 rings (SSSR count). The number of anilines is 1. The number of amides is 1. The number of hydrogen-bond acceptors (Lipinski definition) is 2. The lowest BCUT2D eigenvalue weighted by molar-refractivity contribution is -0.114. The molecule has 0 aliphatic heterocycles. The topological polar surface area (TPSA) is 65.5 Å². The highest BCUT2D eigenvalue weighted by atomic mass is 16.1. The van der Waals surface area contributed by atoms with E-state index in [1.165, 1.54) is 6.92 Å². The van der Waals surface area contributed by atoms with Crippen LogP contribution in [-0.2, 0) is 11.3 Å². The number of aliphatic imine (C=N–C) groups is 1. The van der Waals surface area contributed by atoms with Crippen molar-refractivity contribution in [2.45, 2.75) is 32.4 Å². The standard InChI is InChI=1S/C16H22N4O/c1-12(21)19-15-9-5-6-13(10-15)11-18-16(17-2)20-14-7-3-4-8-14/h3-6,9-10,14H,7-8,11H2,1-2H3,(H,19,21)(H2,17,18,20). The Morgan fingerprint density at radius 3 is 2.76 bits per heavy atom. The van der Waals surface area contributed by atoms with Gasteiger partial charge in [0.25, 0.3) is 0 Å². The minimum atomic E-state index is -0.0636. The van der Waals surface area contributed by atoms with Crippen LogP contribution in [0.1, 0.15) is 25.3 Å². The molecule has 0 unspecified atom stereocenters. The molecule has 5 nitrogen and oxygen atoms in total. The molecule has 0 bridgehead atoms. The molecule has 1 amide bonds. The summed E-state index contributed by atoms with van der Waals surface area (Å²) in [5, 5.41) is 9.47. The largest absolute Gasteiger partial charge is 0.353 e. The summed E-state index contributed by atoms with van der Waals surface area (Å²) in [5.41, 5.74) is 1.90. The van der Waals surface area contributed by atoms with Gasteiger partial charge >= 0.3 is 0 Å². The Morgan fingerprint density at radius 1 is 1.33 bits per heavy atom. The van der Waals surface area contributed by atoms with E-state index in [4.69, 9.17) is 0 Å². The molecule has 1 aliphatic rings. The van der Waals surface area contributed by atoms with Crippen LogP contribution in [0.2, 0.25) is 0 Å². The first-order valence-electron chi connectivity index (χ1n) is 7.16. The molecule has 1 aliphatic carbocycles. The molecule has 0 radical (unpaired) electrons. The molecule has 3 N–H and O–H groups in total. The molecule has 1 aromatic carbocycles. The number of guanidine groups is 1. The van der Waals surface area contributed by atoms with Crippen molar-refractivity contribution in [2.75, 3.05) is 12.4 Å². The van der Waals surface area contributed by atoms with Crippen molar-refractivity contribution in [2.24, 2.45) is 4.99 Å². The molecule has 112 valence electrons. The number of nitrogens with zero attached hydrogens (tertiary/aromatic N) is 1. The van der Waals surface area contributed by atoms with Crippen LogP contribution >= 0.6 is 0 Å². The third-order valence-electron chi connectivity index (χ3n) is 3.28.